The van der Waals surface area contributed by atoms with E-state index in [-0.39, 0.29) is 11.3 Å². The number of aryl methyl sites for hydroxylation is 1. The molecule has 66 valence electrons. The second-order valence-electron chi connectivity index (χ2n) is 2.72. The normalized spacial score (nSPS) is 10.5. The standard InChI is InChI=1S/C7H6N4O2/c1-5-2-6(11(12)13)7-9-8-4-10(7)3-5/h2-4H,1H3. The molecule has 0 aromatic carbocycles. The van der Waals surface area contributed by atoms with Gasteiger partial charge in [0, 0.05) is 12.3 Å². The molecule has 2 aromatic rings. The summed E-state index contributed by atoms with van der Waals surface area (Å²) in [7, 11) is 0. The second kappa shape index (κ2) is 2.51. The van der Waals surface area contributed by atoms with Gasteiger partial charge in [-0.1, -0.05) is 0 Å². The Balaban J connectivity index is 2.84. The fourth-order valence-electron chi connectivity index (χ4n) is 1.19. The summed E-state index contributed by atoms with van der Waals surface area (Å²) >= 11 is 0. The molecule has 6 heteroatoms. The molecule has 2 aromatic heterocycles. The minimum atomic E-state index is -0.461. The van der Waals surface area contributed by atoms with Crippen LogP contribution in [0.4, 0.5) is 5.69 Å². The average Bonchev–Trinajstić information content (AvgIpc) is 2.49. The van der Waals surface area contributed by atoms with Crippen LogP contribution in [-0.2, 0) is 0 Å². The van der Waals surface area contributed by atoms with Crippen LogP contribution in [0.25, 0.3) is 5.65 Å². The van der Waals surface area contributed by atoms with Gasteiger partial charge in [0.25, 0.3) is 0 Å². The minimum absolute atomic E-state index is 0.0162. The van der Waals surface area contributed by atoms with Crippen LogP contribution in [0.3, 0.4) is 0 Å². The van der Waals surface area contributed by atoms with Crippen molar-refractivity contribution in [3.8, 4) is 0 Å². The molecule has 0 saturated heterocycles. The minimum Gasteiger partial charge on any atom is -0.283 e. The van der Waals surface area contributed by atoms with Crippen LogP contribution in [0.15, 0.2) is 18.6 Å². The Labute approximate surface area is 73.0 Å². The maximum absolute atomic E-state index is 10.6. The first-order valence-electron chi connectivity index (χ1n) is 3.63. The van der Waals surface area contributed by atoms with E-state index in [4.69, 9.17) is 0 Å². The zero-order valence-corrected chi connectivity index (χ0v) is 6.84. The second-order valence-corrected chi connectivity index (χ2v) is 2.72. The molecule has 0 spiro atoms. The summed E-state index contributed by atoms with van der Waals surface area (Å²) in [6.07, 6.45) is 3.18. The van der Waals surface area contributed by atoms with E-state index in [9.17, 15) is 10.1 Å². The van der Waals surface area contributed by atoms with Crippen molar-refractivity contribution in [2.45, 2.75) is 6.92 Å². The van der Waals surface area contributed by atoms with Crippen LogP contribution in [0.2, 0.25) is 0 Å². The highest BCUT2D eigenvalue weighted by molar-refractivity contribution is 5.59. The van der Waals surface area contributed by atoms with Crippen molar-refractivity contribution in [3.05, 3.63) is 34.3 Å². The maximum Gasteiger partial charge on any atom is 0.314 e. The summed E-state index contributed by atoms with van der Waals surface area (Å²) in [5.74, 6) is 0. The zero-order valence-electron chi connectivity index (χ0n) is 6.84. The van der Waals surface area contributed by atoms with Crippen molar-refractivity contribution < 1.29 is 4.92 Å². The van der Waals surface area contributed by atoms with Gasteiger partial charge >= 0.3 is 5.69 Å². The first-order valence-corrected chi connectivity index (χ1v) is 3.63. The van der Waals surface area contributed by atoms with Crippen LogP contribution in [-0.4, -0.2) is 19.5 Å². The zero-order chi connectivity index (χ0) is 9.42. The van der Waals surface area contributed by atoms with Crippen molar-refractivity contribution in [2.75, 3.05) is 0 Å². The lowest BCUT2D eigenvalue weighted by molar-refractivity contribution is -0.383. The molecule has 2 rings (SSSR count). The van der Waals surface area contributed by atoms with E-state index in [1.165, 1.54) is 16.8 Å². The van der Waals surface area contributed by atoms with Crippen LogP contribution < -0.4 is 0 Å². The number of hydrogen-bond acceptors (Lipinski definition) is 4. The van der Waals surface area contributed by atoms with E-state index in [2.05, 4.69) is 10.2 Å². The molecule has 0 fully saturated rings. The van der Waals surface area contributed by atoms with Gasteiger partial charge < -0.3 is 0 Å². The summed E-state index contributed by atoms with van der Waals surface area (Å²) in [6.45, 7) is 1.78. The predicted octanol–water partition coefficient (Wildman–Crippen LogP) is 0.946. The molecule has 0 bridgehead atoms. The molecular weight excluding hydrogens is 172 g/mol. The Hall–Kier alpha value is -1.98. The predicted molar refractivity (Wildman–Crippen MR) is 44.4 cm³/mol. The third-order valence-corrected chi connectivity index (χ3v) is 1.71. The lowest BCUT2D eigenvalue weighted by Crippen LogP contribution is -1.94. The summed E-state index contributed by atoms with van der Waals surface area (Å²) in [4.78, 5) is 10.1. The van der Waals surface area contributed by atoms with Gasteiger partial charge in [-0.15, -0.1) is 10.2 Å². The Bertz CT molecular complexity index is 476. The highest BCUT2D eigenvalue weighted by Gasteiger charge is 2.14. The third-order valence-electron chi connectivity index (χ3n) is 1.71. The van der Waals surface area contributed by atoms with Crippen molar-refractivity contribution >= 4 is 11.3 Å². The smallest absolute Gasteiger partial charge is 0.283 e. The van der Waals surface area contributed by atoms with Crippen molar-refractivity contribution in [1.82, 2.24) is 14.6 Å². The lowest BCUT2D eigenvalue weighted by Gasteiger charge is -1.96. The van der Waals surface area contributed by atoms with Gasteiger partial charge in [-0.05, 0) is 12.5 Å². The number of aromatic nitrogens is 3. The fraction of sp³-hybridized carbons (Fsp3) is 0.143. The number of nitrogens with zero attached hydrogens (tertiary/aromatic N) is 4. The van der Waals surface area contributed by atoms with Gasteiger partial charge in [0.05, 0.1) is 4.92 Å². The van der Waals surface area contributed by atoms with Crippen molar-refractivity contribution in [2.24, 2.45) is 0 Å². The van der Waals surface area contributed by atoms with E-state index in [0.717, 1.165) is 5.56 Å². The summed E-state index contributed by atoms with van der Waals surface area (Å²) < 4.78 is 1.54. The van der Waals surface area contributed by atoms with Gasteiger partial charge in [0.2, 0.25) is 5.65 Å². The number of rotatable bonds is 1. The highest BCUT2D eigenvalue weighted by Crippen LogP contribution is 2.18. The molecule has 0 radical (unpaired) electrons. The Morgan fingerprint density at radius 2 is 2.38 bits per heavy atom. The highest BCUT2D eigenvalue weighted by atomic mass is 16.6. The number of hydrogen-bond donors (Lipinski definition) is 0. The van der Waals surface area contributed by atoms with E-state index in [1.54, 1.807) is 13.1 Å². The first-order chi connectivity index (χ1) is 6.18. The molecule has 0 amide bonds. The van der Waals surface area contributed by atoms with Crippen LogP contribution in [0, 0.1) is 17.0 Å². The molecule has 13 heavy (non-hydrogen) atoms. The molecular formula is C7H6N4O2. The number of fused-ring (bicyclic) bond motifs is 1. The molecule has 0 aliphatic carbocycles. The quantitative estimate of drug-likeness (QED) is 0.481. The number of pyridine rings is 1. The average molecular weight is 178 g/mol. The molecule has 0 unspecified atom stereocenters. The van der Waals surface area contributed by atoms with Gasteiger partial charge in [-0.2, -0.15) is 0 Å². The molecule has 6 nitrogen and oxygen atoms in total. The van der Waals surface area contributed by atoms with Crippen molar-refractivity contribution in [3.63, 3.8) is 0 Å². The molecule has 0 aliphatic rings. The summed E-state index contributed by atoms with van der Waals surface area (Å²) in [5, 5.41) is 17.8. The van der Waals surface area contributed by atoms with Crippen molar-refractivity contribution in [1.29, 1.82) is 0 Å². The Morgan fingerprint density at radius 3 is 3.08 bits per heavy atom. The van der Waals surface area contributed by atoms with E-state index in [1.807, 2.05) is 0 Å². The van der Waals surface area contributed by atoms with Gasteiger partial charge in [-0.3, -0.25) is 14.5 Å². The van der Waals surface area contributed by atoms with Gasteiger partial charge in [0.1, 0.15) is 6.33 Å². The topological polar surface area (TPSA) is 73.3 Å². The van der Waals surface area contributed by atoms with Crippen LogP contribution in [0.5, 0.6) is 0 Å². The molecule has 0 atom stereocenters. The summed E-state index contributed by atoms with van der Waals surface area (Å²) in [5.41, 5.74) is 1.06. The Kier molecular flexibility index (Phi) is 1.48. The van der Waals surface area contributed by atoms with Crippen LogP contribution in [0.1, 0.15) is 5.56 Å². The largest absolute Gasteiger partial charge is 0.314 e. The molecule has 0 saturated carbocycles. The van der Waals surface area contributed by atoms with Crippen LogP contribution >= 0.6 is 0 Å². The molecule has 0 N–H and O–H groups in total. The SMILES string of the molecule is Cc1cc([N+](=O)[O-])c2nncn2c1. The third kappa shape index (κ3) is 1.12. The van der Waals surface area contributed by atoms with Gasteiger partial charge in [0.15, 0.2) is 0 Å². The molecule has 2 heterocycles. The van der Waals surface area contributed by atoms with E-state index < -0.39 is 4.92 Å². The Morgan fingerprint density at radius 1 is 1.62 bits per heavy atom. The van der Waals surface area contributed by atoms with Gasteiger partial charge in [-0.25, -0.2) is 0 Å². The first kappa shape index (κ1) is 7.66. The lowest BCUT2D eigenvalue weighted by atomic mass is 10.3. The molecule has 0 aliphatic heterocycles. The van der Waals surface area contributed by atoms with E-state index in [0.29, 0.717) is 0 Å². The monoisotopic (exact) mass is 178 g/mol. The van der Waals surface area contributed by atoms with E-state index >= 15 is 0 Å². The number of nitro groups is 1. The summed E-state index contributed by atoms with van der Waals surface area (Å²) in [6, 6.07) is 1.48. The maximum atomic E-state index is 10.6. The fourth-order valence-corrected chi connectivity index (χ4v) is 1.19.